The van der Waals surface area contributed by atoms with Crippen molar-refractivity contribution in [3.8, 4) is 11.6 Å². The van der Waals surface area contributed by atoms with Crippen LogP contribution in [0.25, 0.3) is 0 Å². The third-order valence-corrected chi connectivity index (χ3v) is 3.04. The third kappa shape index (κ3) is 3.39. The van der Waals surface area contributed by atoms with Gasteiger partial charge in [-0.15, -0.1) is 0 Å². The van der Waals surface area contributed by atoms with Gasteiger partial charge in [0, 0.05) is 24.5 Å². The number of aromatic nitrogens is 1. The molecule has 2 rings (SSSR count). The van der Waals surface area contributed by atoms with Crippen molar-refractivity contribution in [2.75, 3.05) is 26.1 Å². The van der Waals surface area contributed by atoms with Crippen molar-refractivity contribution in [2.45, 2.75) is 6.04 Å². The fourth-order valence-electron chi connectivity index (χ4n) is 1.89. The van der Waals surface area contributed by atoms with Crippen molar-refractivity contribution in [2.24, 2.45) is 5.73 Å². The second-order valence-electron chi connectivity index (χ2n) is 4.30. The van der Waals surface area contributed by atoms with E-state index in [1.54, 1.807) is 20.4 Å². The van der Waals surface area contributed by atoms with Crippen molar-refractivity contribution < 1.29 is 9.47 Å². The summed E-state index contributed by atoms with van der Waals surface area (Å²) in [6.07, 6.45) is 1.77. The van der Waals surface area contributed by atoms with Crippen LogP contribution in [0.15, 0.2) is 42.6 Å². The van der Waals surface area contributed by atoms with Crippen LogP contribution in [0, 0.1) is 0 Å². The van der Waals surface area contributed by atoms with E-state index in [1.165, 1.54) is 0 Å². The predicted octanol–water partition coefficient (Wildman–Crippen LogP) is 2.21. The summed E-state index contributed by atoms with van der Waals surface area (Å²) in [5.41, 5.74) is 7.83. The first kappa shape index (κ1) is 14.1. The minimum atomic E-state index is 0.00167. The normalized spacial score (nSPS) is 11.8. The molecule has 0 aliphatic carbocycles. The van der Waals surface area contributed by atoms with Gasteiger partial charge in [0.1, 0.15) is 5.75 Å². The molecule has 5 heteroatoms. The van der Waals surface area contributed by atoms with Gasteiger partial charge in [0.2, 0.25) is 5.88 Å². The average molecular weight is 273 g/mol. The van der Waals surface area contributed by atoms with E-state index in [1.807, 2.05) is 36.4 Å². The van der Waals surface area contributed by atoms with Crippen LogP contribution in [0.1, 0.15) is 11.6 Å². The summed E-state index contributed by atoms with van der Waals surface area (Å²) in [7, 11) is 3.24. The first-order valence-corrected chi connectivity index (χ1v) is 6.37. The Bertz CT molecular complexity index is 526. The Hall–Kier alpha value is -2.27. The monoisotopic (exact) mass is 273 g/mol. The summed E-state index contributed by atoms with van der Waals surface area (Å²) in [5.74, 6) is 1.42. The highest BCUT2D eigenvalue weighted by Gasteiger charge is 2.10. The van der Waals surface area contributed by atoms with E-state index in [-0.39, 0.29) is 6.04 Å². The Morgan fingerprint density at radius 3 is 2.35 bits per heavy atom. The first-order valence-electron chi connectivity index (χ1n) is 6.37. The summed E-state index contributed by atoms with van der Waals surface area (Å²) in [6.45, 7) is 0.472. The predicted molar refractivity (Wildman–Crippen MR) is 79.2 cm³/mol. The minimum absolute atomic E-state index is 0.00167. The minimum Gasteiger partial charge on any atom is -0.497 e. The number of rotatable bonds is 6. The van der Waals surface area contributed by atoms with Gasteiger partial charge in [-0.3, -0.25) is 0 Å². The Kier molecular flexibility index (Phi) is 4.79. The molecule has 3 N–H and O–H groups in total. The van der Waals surface area contributed by atoms with Crippen LogP contribution in [-0.4, -0.2) is 25.7 Å². The highest BCUT2D eigenvalue weighted by molar-refractivity contribution is 5.48. The molecule has 5 nitrogen and oxygen atoms in total. The van der Waals surface area contributed by atoms with Crippen molar-refractivity contribution in [1.29, 1.82) is 0 Å². The van der Waals surface area contributed by atoms with Crippen molar-refractivity contribution >= 4 is 5.69 Å². The number of nitrogens with one attached hydrogen (secondary N) is 1. The zero-order valence-corrected chi connectivity index (χ0v) is 11.7. The number of nitrogens with two attached hydrogens (primary N) is 1. The van der Waals surface area contributed by atoms with E-state index < -0.39 is 0 Å². The maximum Gasteiger partial charge on any atom is 0.212 e. The third-order valence-electron chi connectivity index (χ3n) is 3.04. The highest BCUT2D eigenvalue weighted by atomic mass is 16.5. The van der Waals surface area contributed by atoms with E-state index in [0.717, 1.165) is 17.0 Å². The zero-order chi connectivity index (χ0) is 14.4. The molecule has 1 heterocycles. The lowest BCUT2D eigenvalue weighted by Gasteiger charge is -2.18. The zero-order valence-electron chi connectivity index (χ0n) is 11.7. The summed E-state index contributed by atoms with van der Waals surface area (Å²) >= 11 is 0. The van der Waals surface area contributed by atoms with Crippen molar-refractivity contribution in [3.63, 3.8) is 0 Å². The molecule has 1 aromatic heterocycles. The van der Waals surface area contributed by atoms with Crippen LogP contribution in [0.5, 0.6) is 11.6 Å². The van der Waals surface area contributed by atoms with Crippen LogP contribution in [-0.2, 0) is 0 Å². The molecule has 2 aromatic rings. The number of nitrogens with zero attached hydrogens (tertiary/aromatic N) is 1. The molecule has 106 valence electrons. The van der Waals surface area contributed by atoms with Gasteiger partial charge in [0.05, 0.1) is 20.3 Å². The molecule has 1 unspecified atom stereocenters. The van der Waals surface area contributed by atoms with Gasteiger partial charge in [0.25, 0.3) is 0 Å². The molecule has 0 bridgehead atoms. The Morgan fingerprint density at radius 2 is 1.85 bits per heavy atom. The number of anilines is 1. The fraction of sp³-hybridized carbons (Fsp3) is 0.267. The van der Waals surface area contributed by atoms with E-state index in [9.17, 15) is 0 Å². The molecule has 0 saturated carbocycles. The molecule has 0 spiro atoms. The molecular weight excluding hydrogens is 254 g/mol. The maximum absolute atomic E-state index is 5.83. The van der Waals surface area contributed by atoms with Gasteiger partial charge in [-0.05, 0) is 29.8 Å². The molecule has 0 radical (unpaired) electrons. The number of hydrogen-bond donors (Lipinski definition) is 2. The lowest BCUT2D eigenvalue weighted by atomic mass is 10.1. The Labute approximate surface area is 118 Å². The lowest BCUT2D eigenvalue weighted by molar-refractivity contribution is 0.397. The van der Waals surface area contributed by atoms with Gasteiger partial charge >= 0.3 is 0 Å². The molecule has 0 aliphatic heterocycles. The second kappa shape index (κ2) is 6.77. The first-order chi connectivity index (χ1) is 9.76. The number of methoxy groups -OCH3 is 2. The van der Waals surface area contributed by atoms with Crippen molar-refractivity contribution in [3.05, 3.63) is 48.2 Å². The molecule has 0 aliphatic rings. The van der Waals surface area contributed by atoms with Gasteiger partial charge in [-0.25, -0.2) is 4.98 Å². The summed E-state index contributed by atoms with van der Waals surface area (Å²) in [6, 6.07) is 11.5. The maximum atomic E-state index is 5.83. The molecule has 20 heavy (non-hydrogen) atoms. The molecule has 0 fully saturated rings. The van der Waals surface area contributed by atoms with Crippen LogP contribution in [0.4, 0.5) is 5.69 Å². The highest BCUT2D eigenvalue weighted by Crippen LogP contribution is 2.21. The number of pyridine rings is 1. The largest absolute Gasteiger partial charge is 0.497 e. The Morgan fingerprint density at radius 1 is 1.10 bits per heavy atom. The summed E-state index contributed by atoms with van der Waals surface area (Å²) < 4.78 is 10.2. The van der Waals surface area contributed by atoms with Gasteiger partial charge in [-0.1, -0.05) is 6.07 Å². The molecular formula is C15H19N3O2. The van der Waals surface area contributed by atoms with E-state index in [2.05, 4.69) is 10.3 Å². The summed E-state index contributed by atoms with van der Waals surface area (Å²) in [4.78, 5) is 4.20. The molecule has 0 amide bonds. The molecule has 1 atom stereocenters. The van der Waals surface area contributed by atoms with Crippen LogP contribution >= 0.6 is 0 Å². The van der Waals surface area contributed by atoms with Gasteiger partial charge in [-0.2, -0.15) is 0 Å². The number of hydrogen-bond acceptors (Lipinski definition) is 5. The van der Waals surface area contributed by atoms with Crippen LogP contribution in [0.3, 0.4) is 0 Å². The van der Waals surface area contributed by atoms with Crippen LogP contribution in [0.2, 0.25) is 0 Å². The van der Waals surface area contributed by atoms with Crippen LogP contribution < -0.4 is 20.5 Å². The topological polar surface area (TPSA) is 69.4 Å². The van der Waals surface area contributed by atoms with Gasteiger partial charge in [0.15, 0.2) is 0 Å². The van der Waals surface area contributed by atoms with E-state index in [4.69, 9.17) is 15.2 Å². The van der Waals surface area contributed by atoms with Crippen molar-refractivity contribution in [1.82, 2.24) is 4.98 Å². The van der Waals surface area contributed by atoms with E-state index in [0.29, 0.717) is 12.4 Å². The molecule has 1 aromatic carbocycles. The Balaban J connectivity index is 2.10. The average Bonchev–Trinajstić information content (AvgIpc) is 2.53. The SMILES string of the molecule is COc1ccc(NC(CN)c2ccc(OC)nc2)cc1. The number of ether oxygens (including phenoxy) is 2. The lowest BCUT2D eigenvalue weighted by Crippen LogP contribution is -2.20. The standard InChI is InChI=1S/C15H19N3O2/c1-19-13-6-4-12(5-7-13)18-14(9-16)11-3-8-15(20-2)17-10-11/h3-8,10,14,18H,9,16H2,1-2H3. The number of benzene rings is 1. The molecule has 0 saturated heterocycles. The smallest absolute Gasteiger partial charge is 0.212 e. The fourth-order valence-corrected chi connectivity index (χ4v) is 1.89. The second-order valence-corrected chi connectivity index (χ2v) is 4.30. The van der Waals surface area contributed by atoms with Gasteiger partial charge < -0.3 is 20.5 Å². The summed E-state index contributed by atoms with van der Waals surface area (Å²) in [5, 5.41) is 3.37. The quantitative estimate of drug-likeness (QED) is 0.844. The van der Waals surface area contributed by atoms with E-state index >= 15 is 0 Å².